The van der Waals surface area contributed by atoms with Crippen molar-refractivity contribution in [2.45, 2.75) is 33.3 Å². The number of nitrogens with zero attached hydrogens (tertiary/aromatic N) is 2. The van der Waals surface area contributed by atoms with E-state index in [4.69, 9.17) is 10.5 Å². The molecule has 0 atom stereocenters. The van der Waals surface area contributed by atoms with Gasteiger partial charge in [-0.2, -0.15) is 9.78 Å². The van der Waals surface area contributed by atoms with Gasteiger partial charge in [-0.25, -0.2) is 13.6 Å². The smallest absolute Gasteiger partial charge is 0.435 e. The maximum Gasteiger partial charge on any atom is 0.435 e. The zero-order valence-corrected chi connectivity index (χ0v) is 12.8. The van der Waals surface area contributed by atoms with Gasteiger partial charge in [-0.05, 0) is 45.9 Å². The Hall–Kier alpha value is -2.44. The molecule has 0 fully saturated rings. The minimum Gasteiger partial charge on any atom is -0.442 e. The Morgan fingerprint density at radius 3 is 2.45 bits per heavy atom. The summed E-state index contributed by atoms with van der Waals surface area (Å²) in [6, 6.07) is 3.30. The SMILES string of the molecule is Cc1c(N)c(-c2ccc(F)c(F)c2)nn1C(=O)OC(C)(C)C. The summed E-state index contributed by atoms with van der Waals surface area (Å²) in [5, 5.41) is 4.06. The monoisotopic (exact) mass is 309 g/mol. The lowest BCUT2D eigenvalue weighted by Crippen LogP contribution is -2.28. The van der Waals surface area contributed by atoms with Crippen LogP contribution in [0.2, 0.25) is 0 Å². The van der Waals surface area contributed by atoms with E-state index in [1.807, 2.05) is 0 Å². The molecule has 0 unspecified atom stereocenters. The maximum absolute atomic E-state index is 13.3. The second-order valence-corrected chi connectivity index (χ2v) is 5.87. The molecule has 0 saturated heterocycles. The molecule has 0 amide bonds. The molecule has 1 heterocycles. The van der Waals surface area contributed by atoms with Crippen molar-refractivity contribution in [1.29, 1.82) is 0 Å². The Bertz CT molecular complexity index is 733. The molecule has 5 nitrogen and oxygen atoms in total. The summed E-state index contributed by atoms with van der Waals surface area (Å²) in [4.78, 5) is 12.1. The average molecular weight is 309 g/mol. The molecule has 0 aliphatic carbocycles. The van der Waals surface area contributed by atoms with Crippen LogP contribution in [0.1, 0.15) is 26.5 Å². The first-order chi connectivity index (χ1) is 10.1. The highest BCUT2D eigenvalue weighted by Gasteiger charge is 2.23. The summed E-state index contributed by atoms with van der Waals surface area (Å²) in [6.07, 6.45) is -0.689. The molecule has 0 aliphatic rings. The van der Waals surface area contributed by atoms with Gasteiger partial charge in [0, 0.05) is 5.56 Å². The number of nitrogens with two attached hydrogens (primary N) is 1. The molecular weight excluding hydrogens is 292 g/mol. The predicted molar refractivity (Wildman–Crippen MR) is 78.4 cm³/mol. The molecule has 7 heteroatoms. The van der Waals surface area contributed by atoms with Gasteiger partial charge in [0.1, 0.15) is 11.3 Å². The van der Waals surface area contributed by atoms with Crippen molar-refractivity contribution in [3.05, 3.63) is 35.5 Å². The zero-order chi connectivity index (χ0) is 16.7. The third kappa shape index (κ3) is 3.08. The number of aromatic nitrogens is 2. The van der Waals surface area contributed by atoms with Crippen LogP contribution >= 0.6 is 0 Å². The van der Waals surface area contributed by atoms with E-state index in [-0.39, 0.29) is 16.9 Å². The van der Waals surface area contributed by atoms with Gasteiger partial charge in [0.25, 0.3) is 0 Å². The van der Waals surface area contributed by atoms with E-state index in [0.29, 0.717) is 5.69 Å². The summed E-state index contributed by atoms with van der Waals surface area (Å²) in [5.74, 6) is -1.98. The molecule has 0 aliphatic heterocycles. The lowest BCUT2D eigenvalue weighted by atomic mass is 10.1. The number of hydrogen-bond donors (Lipinski definition) is 1. The molecule has 0 radical (unpaired) electrons. The standard InChI is InChI=1S/C15H17F2N3O2/c1-8-12(18)13(9-5-6-10(16)11(17)7-9)19-20(8)14(21)22-15(2,3)4/h5-7H,18H2,1-4H3. The molecule has 2 rings (SSSR count). The molecule has 1 aromatic carbocycles. The summed E-state index contributed by atoms with van der Waals surface area (Å²) in [7, 11) is 0. The fourth-order valence-corrected chi connectivity index (χ4v) is 1.85. The van der Waals surface area contributed by atoms with Crippen LogP contribution in [-0.4, -0.2) is 21.5 Å². The summed E-state index contributed by atoms with van der Waals surface area (Å²) in [5.41, 5.74) is 6.28. The van der Waals surface area contributed by atoms with E-state index < -0.39 is 23.3 Å². The number of nitrogen functional groups attached to an aromatic ring is 1. The maximum atomic E-state index is 13.3. The van der Waals surface area contributed by atoms with Gasteiger partial charge >= 0.3 is 6.09 Å². The number of carbonyl (C=O) groups excluding carboxylic acids is 1. The fraction of sp³-hybridized carbons (Fsp3) is 0.333. The Balaban J connectivity index is 2.45. The first-order valence-electron chi connectivity index (χ1n) is 6.64. The predicted octanol–water partition coefficient (Wildman–Crippen LogP) is 3.50. The minimum atomic E-state index is -1.01. The Kier molecular flexibility index (Phi) is 3.91. The average Bonchev–Trinajstić information content (AvgIpc) is 2.68. The van der Waals surface area contributed by atoms with Crippen molar-refractivity contribution in [2.75, 3.05) is 5.73 Å². The van der Waals surface area contributed by atoms with Crippen LogP contribution < -0.4 is 5.73 Å². The highest BCUT2D eigenvalue weighted by molar-refractivity contribution is 5.80. The van der Waals surface area contributed by atoms with Crippen molar-refractivity contribution in [3.63, 3.8) is 0 Å². The van der Waals surface area contributed by atoms with Crippen LogP contribution in [0.25, 0.3) is 11.3 Å². The Labute approximate surface area is 126 Å². The van der Waals surface area contributed by atoms with Crippen molar-refractivity contribution in [3.8, 4) is 11.3 Å². The number of hydrogen-bond acceptors (Lipinski definition) is 4. The van der Waals surface area contributed by atoms with Crippen LogP contribution in [0.4, 0.5) is 19.3 Å². The van der Waals surface area contributed by atoms with Crippen LogP contribution in [0, 0.1) is 18.6 Å². The first kappa shape index (κ1) is 15.9. The molecule has 0 bridgehead atoms. The largest absolute Gasteiger partial charge is 0.442 e. The molecule has 2 aromatic rings. The number of benzene rings is 1. The summed E-state index contributed by atoms with van der Waals surface area (Å²) in [6.45, 7) is 6.77. The molecule has 2 N–H and O–H groups in total. The van der Waals surface area contributed by atoms with Gasteiger partial charge in [0.15, 0.2) is 11.6 Å². The molecule has 1 aromatic heterocycles. The van der Waals surface area contributed by atoms with Gasteiger partial charge in [0.05, 0.1) is 11.4 Å². The topological polar surface area (TPSA) is 70.1 Å². The second-order valence-electron chi connectivity index (χ2n) is 5.87. The molecule has 118 valence electrons. The van der Waals surface area contributed by atoms with E-state index >= 15 is 0 Å². The summed E-state index contributed by atoms with van der Waals surface area (Å²) < 4.78 is 32.6. The zero-order valence-electron chi connectivity index (χ0n) is 12.8. The molecular formula is C15H17F2N3O2. The van der Waals surface area contributed by atoms with Crippen molar-refractivity contribution in [1.82, 2.24) is 9.78 Å². The van der Waals surface area contributed by atoms with Crippen molar-refractivity contribution >= 4 is 11.8 Å². The fourth-order valence-electron chi connectivity index (χ4n) is 1.85. The molecule has 0 spiro atoms. The first-order valence-corrected chi connectivity index (χ1v) is 6.64. The minimum absolute atomic E-state index is 0.197. The van der Waals surface area contributed by atoms with Crippen LogP contribution in [0.15, 0.2) is 18.2 Å². The van der Waals surface area contributed by atoms with Crippen LogP contribution in [0.5, 0.6) is 0 Å². The van der Waals surface area contributed by atoms with Gasteiger partial charge in [-0.3, -0.25) is 0 Å². The van der Waals surface area contributed by atoms with Gasteiger partial charge < -0.3 is 10.5 Å². The number of carbonyl (C=O) groups is 1. The second kappa shape index (κ2) is 5.40. The number of rotatable bonds is 1. The Morgan fingerprint density at radius 1 is 1.27 bits per heavy atom. The highest BCUT2D eigenvalue weighted by Crippen LogP contribution is 2.28. The van der Waals surface area contributed by atoms with Crippen molar-refractivity contribution in [2.24, 2.45) is 0 Å². The number of halogens is 2. The van der Waals surface area contributed by atoms with Gasteiger partial charge in [-0.15, -0.1) is 0 Å². The lowest BCUT2D eigenvalue weighted by molar-refractivity contribution is 0.0511. The quantitative estimate of drug-likeness (QED) is 0.875. The van der Waals surface area contributed by atoms with Crippen LogP contribution in [-0.2, 0) is 4.74 Å². The van der Waals surface area contributed by atoms with Gasteiger partial charge in [-0.1, -0.05) is 0 Å². The van der Waals surface area contributed by atoms with E-state index in [0.717, 1.165) is 16.8 Å². The molecule has 22 heavy (non-hydrogen) atoms. The number of anilines is 1. The van der Waals surface area contributed by atoms with E-state index in [1.54, 1.807) is 27.7 Å². The normalized spacial score (nSPS) is 11.5. The summed E-state index contributed by atoms with van der Waals surface area (Å²) >= 11 is 0. The van der Waals surface area contributed by atoms with E-state index in [9.17, 15) is 13.6 Å². The number of ether oxygens (including phenoxy) is 1. The van der Waals surface area contributed by atoms with E-state index in [2.05, 4.69) is 5.10 Å². The molecule has 0 saturated carbocycles. The van der Waals surface area contributed by atoms with Crippen molar-refractivity contribution < 1.29 is 18.3 Å². The third-order valence-electron chi connectivity index (χ3n) is 2.92. The van der Waals surface area contributed by atoms with Gasteiger partial charge in [0.2, 0.25) is 0 Å². The van der Waals surface area contributed by atoms with E-state index in [1.165, 1.54) is 6.07 Å². The third-order valence-corrected chi connectivity index (χ3v) is 2.92. The highest BCUT2D eigenvalue weighted by atomic mass is 19.2. The lowest BCUT2D eigenvalue weighted by Gasteiger charge is -2.19. The Morgan fingerprint density at radius 2 is 1.91 bits per heavy atom. The van der Waals surface area contributed by atoms with Crippen LogP contribution in [0.3, 0.4) is 0 Å².